The molecular weight excluding hydrogens is 410 g/mol. The first-order valence-corrected chi connectivity index (χ1v) is 10.2. The summed E-state index contributed by atoms with van der Waals surface area (Å²) >= 11 is 9.71. The van der Waals surface area contributed by atoms with Gasteiger partial charge in [0.15, 0.2) is 0 Å². The van der Waals surface area contributed by atoms with Gasteiger partial charge < -0.3 is 10.0 Å². The highest BCUT2D eigenvalue weighted by Crippen LogP contribution is 2.40. The van der Waals surface area contributed by atoms with E-state index in [4.69, 9.17) is 11.6 Å². The summed E-state index contributed by atoms with van der Waals surface area (Å²) in [4.78, 5) is 12.3. The molecule has 0 amide bonds. The van der Waals surface area contributed by atoms with Crippen molar-refractivity contribution in [3.63, 3.8) is 0 Å². The number of rotatable bonds is 5. The lowest BCUT2D eigenvalue weighted by atomic mass is 10.2. The first kappa shape index (κ1) is 17.6. The molecule has 1 aliphatic carbocycles. The van der Waals surface area contributed by atoms with Gasteiger partial charge in [-0.15, -0.1) is 10.7 Å². The molecule has 2 N–H and O–H groups in total. The molecule has 0 aliphatic heterocycles. The Morgan fingerprint density at radius 2 is 2.04 bits per heavy atom. The second-order valence-electron chi connectivity index (χ2n) is 5.93. The lowest BCUT2D eigenvalue weighted by Gasteiger charge is -2.20. The average molecular weight is 429 g/mol. The summed E-state index contributed by atoms with van der Waals surface area (Å²) in [5, 5.41) is 4.51. The van der Waals surface area contributed by atoms with Gasteiger partial charge in [-0.2, -0.15) is 0 Å². The van der Waals surface area contributed by atoms with Crippen LogP contribution in [0.3, 0.4) is 0 Å². The summed E-state index contributed by atoms with van der Waals surface area (Å²) in [5.41, 5.74) is 2.28. The van der Waals surface area contributed by atoms with Crippen LogP contribution in [-0.4, -0.2) is 15.7 Å². The molecule has 1 aromatic heterocycles. The summed E-state index contributed by atoms with van der Waals surface area (Å²) in [6.07, 6.45) is 2.43. The normalized spacial score (nSPS) is 15.2. The molecule has 0 spiro atoms. The number of nitrogens with zero attached hydrogens (tertiary/aromatic N) is 1. The van der Waals surface area contributed by atoms with E-state index in [1.54, 1.807) is 11.6 Å². The van der Waals surface area contributed by atoms with Gasteiger partial charge in [-0.05, 0) is 44.0 Å². The Morgan fingerprint density at radius 1 is 1.33 bits per heavy atom. The van der Waals surface area contributed by atoms with Crippen molar-refractivity contribution in [2.45, 2.75) is 25.0 Å². The van der Waals surface area contributed by atoms with Gasteiger partial charge in [-0.25, -0.2) is 0 Å². The highest BCUT2D eigenvalue weighted by molar-refractivity contribution is 9.10. The van der Waals surface area contributed by atoms with E-state index in [9.17, 15) is 4.79 Å². The molecule has 0 radical (unpaired) electrons. The lowest BCUT2D eigenvalue weighted by Crippen LogP contribution is -2.22. The third-order valence-electron chi connectivity index (χ3n) is 3.95. The van der Waals surface area contributed by atoms with Crippen molar-refractivity contribution in [1.82, 2.24) is 4.57 Å². The monoisotopic (exact) mass is 427 g/mol. The molecule has 1 saturated carbocycles. The van der Waals surface area contributed by atoms with Crippen LogP contribution < -0.4 is 15.6 Å². The van der Waals surface area contributed by atoms with E-state index in [0.29, 0.717) is 21.7 Å². The maximum absolute atomic E-state index is 12.3. The fraction of sp³-hybridized carbons (Fsp3) is 0.294. The third-order valence-corrected chi connectivity index (χ3v) is 6.51. The number of anilines is 3. The molecule has 24 heavy (non-hydrogen) atoms. The van der Waals surface area contributed by atoms with E-state index in [1.165, 1.54) is 12.8 Å². The van der Waals surface area contributed by atoms with E-state index >= 15 is 0 Å². The molecule has 7 heteroatoms. The van der Waals surface area contributed by atoms with Crippen molar-refractivity contribution in [3.05, 3.63) is 49.7 Å². The van der Waals surface area contributed by atoms with Crippen LogP contribution in [0.4, 0.5) is 17.2 Å². The quantitative estimate of drug-likeness (QED) is 0.656. The van der Waals surface area contributed by atoms with E-state index < -0.39 is 0 Å². The van der Waals surface area contributed by atoms with Gasteiger partial charge >= 0.3 is 0 Å². The zero-order chi connectivity index (χ0) is 17.4. The van der Waals surface area contributed by atoms with Crippen molar-refractivity contribution in [2.24, 2.45) is 7.05 Å². The van der Waals surface area contributed by atoms with Crippen LogP contribution in [0.25, 0.3) is 0 Å². The Labute approximate surface area is 157 Å². The Kier molecular flexibility index (Phi) is 5.08. The number of hydrogen-bond acceptors (Lipinski definition) is 3. The van der Waals surface area contributed by atoms with Gasteiger partial charge in [0.2, 0.25) is 0 Å². The molecule has 0 bridgehead atoms. The standard InChI is InChI=1S/C17H19BrClN3OS/c1-10-8-15(21-24(3)12-5-6-12)16(22(2)17(10)23)20-14-7-4-11(18)9-13(14)19/h4,7-9,12,20-21H,3,5-6H2,1-2H3. The summed E-state index contributed by atoms with van der Waals surface area (Å²) < 4.78 is 5.99. The molecule has 2 aromatic rings. The minimum atomic E-state index is -0.158. The highest BCUT2D eigenvalue weighted by Gasteiger charge is 2.25. The van der Waals surface area contributed by atoms with E-state index in [0.717, 1.165) is 15.8 Å². The fourth-order valence-corrected chi connectivity index (χ4v) is 4.45. The Bertz CT molecular complexity index is 877. The van der Waals surface area contributed by atoms with Crippen molar-refractivity contribution in [2.75, 3.05) is 10.0 Å². The minimum absolute atomic E-state index is 0.0355. The molecule has 1 aromatic carbocycles. The topological polar surface area (TPSA) is 46.1 Å². The van der Waals surface area contributed by atoms with Crippen LogP contribution >= 0.6 is 38.2 Å². The Morgan fingerprint density at radius 3 is 2.67 bits per heavy atom. The van der Waals surface area contributed by atoms with E-state index in [2.05, 4.69) is 31.8 Å². The number of benzene rings is 1. The maximum Gasteiger partial charge on any atom is 0.254 e. The summed E-state index contributed by atoms with van der Waals surface area (Å²) in [7, 11) is 1.60. The molecule has 1 aliphatic rings. The molecule has 3 rings (SSSR count). The summed E-state index contributed by atoms with van der Waals surface area (Å²) in [5.74, 6) is 4.91. The molecule has 1 unspecified atom stereocenters. The van der Waals surface area contributed by atoms with Gasteiger partial charge in [-0.3, -0.25) is 9.36 Å². The van der Waals surface area contributed by atoms with Crippen molar-refractivity contribution < 1.29 is 0 Å². The van der Waals surface area contributed by atoms with Crippen molar-refractivity contribution in [1.29, 1.82) is 0 Å². The first-order chi connectivity index (χ1) is 11.4. The Hall–Kier alpha value is -1.24. The van der Waals surface area contributed by atoms with Gasteiger partial charge in [0.05, 0.1) is 16.4 Å². The molecule has 0 saturated heterocycles. The number of halogens is 2. The van der Waals surface area contributed by atoms with E-state index in [-0.39, 0.29) is 16.2 Å². The number of nitrogens with one attached hydrogen (secondary N) is 2. The fourth-order valence-electron chi connectivity index (χ4n) is 2.42. The van der Waals surface area contributed by atoms with Gasteiger partial charge in [-0.1, -0.05) is 33.4 Å². The van der Waals surface area contributed by atoms with Gasteiger partial charge in [0.1, 0.15) is 5.82 Å². The lowest BCUT2D eigenvalue weighted by molar-refractivity contribution is 0.861. The van der Waals surface area contributed by atoms with Gasteiger partial charge in [0.25, 0.3) is 5.56 Å². The minimum Gasteiger partial charge on any atom is -0.339 e. The predicted octanol–water partition coefficient (Wildman–Crippen LogP) is 5.04. The highest BCUT2D eigenvalue weighted by atomic mass is 79.9. The maximum atomic E-state index is 12.3. The second-order valence-corrected chi connectivity index (χ2v) is 8.98. The number of pyridine rings is 1. The first-order valence-electron chi connectivity index (χ1n) is 7.59. The molecule has 1 atom stereocenters. The smallest absolute Gasteiger partial charge is 0.254 e. The van der Waals surface area contributed by atoms with Crippen LogP contribution in [0.15, 0.2) is 33.5 Å². The van der Waals surface area contributed by atoms with Crippen LogP contribution in [0.2, 0.25) is 5.02 Å². The summed E-state index contributed by atoms with van der Waals surface area (Å²) in [6, 6.07) is 7.49. The molecule has 1 heterocycles. The van der Waals surface area contributed by atoms with Crippen LogP contribution in [0, 0.1) is 6.92 Å². The van der Waals surface area contributed by atoms with E-state index in [1.807, 2.05) is 31.2 Å². The average Bonchev–Trinajstić information content (AvgIpc) is 3.35. The second kappa shape index (κ2) is 6.94. The molecule has 128 valence electrons. The molecule has 1 fully saturated rings. The van der Waals surface area contributed by atoms with Crippen molar-refractivity contribution >= 4 is 61.3 Å². The number of hydrogen-bond donors (Lipinski definition) is 2. The SMILES string of the molecule is C=S(Nc1cc(C)c(=O)n(C)c1Nc1ccc(Br)cc1Cl)C1CC1. The third kappa shape index (κ3) is 3.71. The summed E-state index contributed by atoms with van der Waals surface area (Å²) in [6.45, 7) is 1.82. The Balaban J connectivity index is 2.02. The van der Waals surface area contributed by atoms with Crippen LogP contribution in [0.5, 0.6) is 0 Å². The van der Waals surface area contributed by atoms with Crippen LogP contribution in [-0.2, 0) is 7.05 Å². The van der Waals surface area contributed by atoms with Crippen molar-refractivity contribution in [3.8, 4) is 0 Å². The van der Waals surface area contributed by atoms with Crippen LogP contribution in [0.1, 0.15) is 18.4 Å². The molecular formula is C17H19BrClN3OS. The molecule has 4 nitrogen and oxygen atoms in total. The zero-order valence-electron chi connectivity index (χ0n) is 13.5. The largest absolute Gasteiger partial charge is 0.339 e. The number of aromatic nitrogens is 1. The number of aryl methyl sites for hydroxylation is 1. The van der Waals surface area contributed by atoms with Gasteiger partial charge in [0, 0.05) is 22.3 Å². The zero-order valence-corrected chi connectivity index (χ0v) is 16.7. The predicted molar refractivity (Wildman–Crippen MR) is 110 cm³/mol.